The van der Waals surface area contributed by atoms with Crippen LogP contribution in [0, 0.1) is 5.41 Å². The third-order valence-corrected chi connectivity index (χ3v) is 10.8. The average molecular weight is 627 g/mol. The van der Waals surface area contributed by atoms with E-state index >= 15 is 0 Å². The fraction of sp³-hybridized carbons (Fsp3) is 0.484. The van der Waals surface area contributed by atoms with E-state index in [1.165, 1.54) is 4.68 Å². The van der Waals surface area contributed by atoms with Gasteiger partial charge in [0.15, 0.2) is 0 Å². The zero-order valence-corrected chi connectivity index (χ0v) is 26.4. The van der Waals surface area contributed by atoms with Crippen LogP contribution in [0.1, 0.15) is 25.3 Å². The van der Waals surface area contributed by atoms with Gasteiger partial charge in [0.25, 0.3) is 0 Å². The normalized spacial score (nSPS) is 19.4. The number of benzene rings is 2. The Hall–Kier alpha value is -3.12. The maximum absolute atomic E-state index is 13.6. The first-order valence-electron chi connectivity index (χ1n) is 14.9. The lowest BCUT2D eigenvalue weighted by Crippen LogP contribution is -2.49. The number of hydrogen-bond donors (Lipinski definition) is 0. The van der Waals surface area contributed by atoms with Crippen molar-refractivity contribution in [2.45, 2.75) is 25.5 Å². The van der Waals surface area contributed by atoms with Crippen molar-refractivity contribution in [1.82, 2.24) is 19.0 Å². The van der Waals surface area contributed by atoms with E-state index < -0.39 is 10.0 Å². The molecule has 0 radical (unpaired) electrons. The predicted molar refractivity (Wildman–Crippen MR) is 170 cm³/mol. The molecule has 3 heterocycles. The standard InChI is InChI=1S/C31H39ClN6O4S/c1-31(10-11-31)23-42-29-28(21-33-38(30(29)39)27-5-3-4-25(32)20-27)36-16-18-37(19-17-36)43(40,41)22-24-6-8-26(9-7-24)35-14-12-34(2)13-15-35/h3-9,20-21H,10-19,22-23H2,1-2H3. The zero-order valence-electron chi connectivity index (χ0n) is 24.8. The van der Waals surface area contributed by atoms with Gasteiger partial charge in [-0.2, -0.15) is 14.1 Å². The summed E-state index contributed by atoms with van der Waals surface area (Å²) in [7, 11) is -1.38. The van der Waals surface area contributed by atoms with Gasteiger partial charge in [0.05, 0.1) is 24.2 Å². The third kappa shape index (κ3) is 6.85. The van der Waals surface area contributed by atoms with E-state index in [9.17, 15) is 13.2 Å². The molecule has 2 aromatic carbocycles. The number of likely N-dealkylation sites (N-methyl/N-ethyl adjacent to an activating group) is 1. The molecule has 1 aliphatic carbocycles. The summed E-state index contributed by atoms with van der Waals surface area (Å²) in [4.78, 5) is 20.3. The number of halogens is 1. The van der Waals surface area contributed by atoms with Gasteiger partial charge in [0.2, 0.25) is 15.8 Å². The Morgan fingerprint density at radius 1 is 0.907 bits per heavy atom. The second kappa shape index (κ2) is 12.1. The van der Waals surface area contributed by atoms with Crippen LogP contribution >= 0.6 is 11.6 Å². The zero-order chi connectivity index (χ0) is 30.2. The molecule has 12 heteroatoms. The Bertz CT molecular complexity index is 1610. The highest BCUT2D eigenvalue weighted by molar-refractivity contribution is 7.88. The summed E-state index contributed by atoms with van der Waals surface area (Å²) in [5.74, 6) is 0.194. The molecule has 230 valence electrons. The van der Waals surface area contributed by atoms with E-state index in [2.05, 4.69) is 28.9 Å². The Labute approximate surface area is 258 Å². The first-order valence-corrected chi connectivity index (χ1v) is 16.9. The molecule has 2 saturated heterocycles. The van der Waals surface area contributed by atoms with Crippen LogP contribution in [0.3, 0.4) is 0 Å². The van der Waals surface area contributed by atoms with Crippen molar-refractivity contribution in [2.75, 3.05) is 75.8 Å². The topological polar surface area (TPSA) is 91.2 Å². The van der Waals surface area contributed by atoms with Gasteiger partial charge in [-0.05, 0) is 55.8 Å². The first kappa shape index (κ1) is 29.9. The fourth-order valence-corrected chi connectivity index (χ4v) is 7.26. The summed E-state index contributed by atoms with van der Waals surface area (Å²) in [6, 6.07) is 14.9. The lowest BCUT2D eigenvalue weighted by Gasteiger charge is -2.36. The van der Waals surface area contributed by atoms with Gasteiger partial charge in [-0.1, -0.05) is 36.7 Å². The largest absolute Gasteiger partial charge is 0.486 e. The number of aromatic nitrogens is 2. The SMILES string of the molecule is CN1CCN(c2ccc(CS(=O)(=O)N3CCN(c4cnn(-c5cccc(Cl)c5)c(=O)c4OCC4(C)CC4)CC3)cc2)CC1. The molecule has 0 atom stereocenters. The molecular weight excluding hydrogens is 588 g/mol. The van der Waals surface area contributed by atoms with Crippen LogP contribution in [0.2, 0.25) is 5.02 Å². The molecule has 3 aromatic rings. The average Bonchev–Trinajstić information content (AvgIpc) is 3.74. The molecule has 6 rings (SSSR count). The predicted octanol–water partition coefficient (Wildman–Crippen LogP) is 3.47. The van der Waals surface area contributed by atoms with Crippen molar-refractivity contribution in [3.63, 3.8) is 0 Å². The van der Waals surface area contributed by atoms with Crippen LogP contribution in [-0.4, -0.2) is 93.4 Å². The number of piperazine rings is 2. The van der Waals surface area contributed by atoms with Crippen LogP contribution in [0.25, 0.3) is 5.69 Å². The molecule has 0 amide bonds. The number of rotatable bonds is 9. The van der Waals surface area contributed by atoms with Gasteiger partial charge in [0.1, 0.15) is 5.69 Å². The molecule has 0 bridgehead atoms. The highest BCUT2D eigenvalue weighted by Gasteiger charge is 2.39. The van der Waals surface area contributed by atoms with E-state index in [0.29, 0.717) is 49.2 Å². The molecule has 0 unspecified atom stereocenters. The molecule has 43 heavy (non-hydrogen) atoms. The lowest BCUT2D eigenvalue weighted by atomic mass is 10.2. The molecule has 1 saturated carbocycles. The van der Waals surface area contributed by atoms with Crippen molar-refractivity contribution in [3.8, 4) is 11.4 Å². The number of sulfonamides is 1. The number of nitrogens with zero attached hydrogens (tertiary/aromatic N) is 6. The quantitative estimate of drug-likeness (QED) is 0.357. The number of anilines is 2. The van der Waals surface area contributed by atoms with Gasteiger partial charge in [-0.25, -0.2) is 8.42 Å². The maximum Gasteiger partial charge on any atom is 0.316 e. The van der Waals surface area contributed by atoms with E-state index in [1.54, 1.807) is 34.8 Å². The van der Waals surface area contributed by atoms with Crippen LogP contribution in [-0.2, 0) is 15.8 Å². The minimum absolute atomic E-state index is 0.0415. The second-order valence-electron chi connectivity index (χ2n) is 12.3. The minimum atomic E-state index is -3.51. The molecular formula is C31H39ClN6O4S. The van der Waals surface area contributed by atoms with Gasteiger partial charge >= 0.3 is 5.56 Å². The maximum atomic E-state index is 13.6. The second-order valence-corrected chi connectivity index (χ2v) is 14.7. The molecule has 1 aromatic heterocycles. The summed E-state index contributed by atoms with van der Waals surface area (Å²) in [5, 5.41) is 4.95. The molecule has 3 aliphatic rings. The summed E-state index contributed by atoms with van der Waals surface area (Å²) in [6.07, 6.45) is 3.76. The highest BCUT2D eigenvalue weighted by Crippen LogP contribution is 2.45. The van der Waals surface area contributed by atoms with Gasteiger partial charge < -0.3 is 19.4 Å². The van der Waals surface area contributed by atoms with E-state index in [-0.39, 0.29) is 22.5 Å². The van der Waals surface area contributed by atoms with Crippen molar-refractivity contribution < 1.29 is 13.2 Å². The Morgan fingerprint density at radius 2 is 1.58 bits per heavy atom. The molecule has 0 spiro atoms. The minimum Gasteiger partial charge on any atom is -0.486 e. The molecule has 10 nitrogen and oxygen atoms in total. The lowest BCUT2D eigenvalue weighted by molar-refractivity contribution is 0.242. The Balaban J connectivity index is 1.14. The number of hydrogen-bond acceptors (Lipinski definition) is 8. The van der Waals surface area contributed by atoms with Crippen molar-refractivity contribution >= 4 is 33.0 Å². The summed E-state index contributed by atoms with van der Waals surface area (Å²) < 4.78 is 35.8. The van der Waals surface area contributed by atoms with Gasteiger partial charge in [-0.3, -0.25) is 4.79 Å². The molecule has 3 fully saturated rings. The van der Waals surface area contributed by atoms with Gasteiger partial charge in [-0.15, -0.1) is 0 Å². The number of ether oxygens (including phenoxy) is 1. The van der Waals surface area contributed by atoms with Crippen molar-refractivity contribution in [2.24, 2.45) is 5.41 Å². The Kier molecular flexibility index (Phi) is 8.43. The van der Waals surface area contributed by atoms with Crippen LogP contribution in [0.4, 0.5) is 11.4 Å². The van der Waals surface area contributed by atoms with Crippen LogP contribution < -0.4 is 20.1 Å². The van der Waals surface area contributed by atoms with Crippen LogP contribution in [0.15, 0.2) is 59.5 Å². The summed E-state index contributed by atoms with van der Waals surface area (Å²) in [6.45, 7) is 8.05. The Morgan fingerprint density at radius 3 is 2.23 bits per heavy atom. The van der Waals surface area contributed by atoms with E-state index in [1.807, 2.05) is 29.2 Å². The van der Waals surface area contributed by atoms with E-state index in [4.69, 9.17) is 16.3 Å². The monoisotopic (exact) mass is 626 g/mol. The fourth-order valence-electron chi connectivity index (χ4n) is 5.56. The van der Waals surface area contributed by atoms with Gasteiger partial charge in [0, 0.05) is 68.5 Å². The first-order chi connectivity index (χ1) is 20.6. The third-order valence-electron chi connectivity index (χ3n) is 8.76. The van der Waals surface area contributed by atoms with Crippen molar-refractivity contribution in [1.29, 1.82) is 0 Å². The molecule has 2 aliphatic heterocycles. The van der Waals surface area contributed by atoms with Crippen molar-refractivity contribution in [3.05, 3.63) is 75.7 Å². The molecule has 0 N–H and O–H groups in total. The van der Waals surface area contributed by atoms with E-state index in [0.717, 1.165) is 50.3 Å². The smallest absolute Gasteiger partial charge is 0.316 e. The highest BCUT2D eigenvalue weighted by atomic mass is 35.5. The summed E-state index contributed by atoms with van der Waals surface area (Å²) in [5.41, 5.74) is 2.76. The summed E-state index contributed by atoms with van der Waals surface area (Å²) >= 11 is 6.17. The van der Waals surface area contributed by atoms with Crippen LogP contribution in [0.5, 0.6) is 5.75 Å².